The summed E-state index contributed by atoms with van der Waals surface area (Å²) < 4.78 is 1.73. The number of carbonyl (C=O) groups is 1. The smallest absolute Gasteiger partial charge is 0.246 e. The minimum atomic E-state index is 0. The number of anilines is 1. The molecular formula is C19H33IN6O. The summed E-state index contributed by atoms with van der Waals surface area (Å²) in [6.07, 6.45) is 8.86. The van der Waals surface area contributed by atoms with Crippen molar-refractivity contribution in [3.8, 4) is 0 Å². The highest BCUT2D eigenvalue weighted by molar-refractivity contribution is 14.0. The van der Waals surface area contributed by atoms with Gasteiger partial charge in [-0.2, -0.15) is 5.10 Å². The fraction of sp³-hybridized carbons (Fsp3) is 0.737. The van der Waals surface area contributed by atoms with Crippen LogP contribution in [0.15, 0.2) is 17.4 Å². The van der Waals surface area contributed by atoms with E-state index in [2.05, 4.69) is 29.2 Å². The van der Waals surface area contributed by atoms with Crippen LogP contribution in [0.25, 0.3) is 0 Å². The molecule has 2 heterocycles. The Kier molecular flexibility index (Phi) is 8.37. The van der Waals surface area contributed by atoms with Gasteiger partial charge in [-0.05, 0) is 31.6 Å². The zero-order valence-electron chi connectivity index (χ0n) is 16.7. The summed E-state index contributed by atoms with van der Waals surface area (Å²) in [5.41, 5.74) is 0.871. The van der Waals surface area contributed by atoms with Crippen LogP contribution in [0.2, 0.25) is 0 Å². The van der Waals surface area contributed by atoms with E-state index < -0.39 is 0 Å². The van der Waals surface area contributed by atoms with E-state index in [1.54, 1.807) is 10.9 Å². The van der Waals surface area contributed by atoms with Crippen LogP contribution in [0.5, 0.6) is 0 Å². The predicted molar refractivity (Wildman–Crippen MR) is 120 cm³/mol. The third-order valence-corrected chi connectivity index (χ3v) is 5.40. The number of guanidine groups is 1. The van der Waals surface area contributed by atoms with Crippen molar-refractivity contribution in [2.45, 2.75) is 39.5 Å². The summed E-state index contributed by atoms with van der Waals surface area (Å²) in [7, 11) is 1.87. The number of nitrogens with one attached hydrogen (secondary N) is 1. The van der Waals surface area contributed by atoms with Crippen molar-refractivity contribution in [3.05, 3.63) is 12.4 Å². The maximum absolute atomic E-state index is 12.6. The molecule has 0 aromatic carbocycles. The standard InChI is InChI=1S/C19H32N6O.HI/c1-4-20-19(21-11-16-7-5-6-15(2)10-16)24-8-9-25(18(26)14-24)17-12-22-23(3)13-17;/h12-13,15-16H,4-11,14H2,1-3H3,(H,20,21);1H. The molecule has 8 heteroatoms. The number of nitrogens with zero attached hydrogens (tertiary/aromatic N) is 5. The highest BCUT2D eigenvalue weighted by Gasteiger charge is 2.28. The van der Waals surface area contributed by atoms with Gasteiger partial charge >= 0.3 is 0 Å². The van der Waals surface area contributed by atoms with Gasteiger partial charge in [0.05, 0.1) is 11.9 Å². The Bertz CT molecular complexity index is 646. The van der Waals surface area contributed by atoms with E-state index in [0.29, 0.717) is 19.0 Å². The normalized spacial score (nSPS) is 24.0. The van der Waals surface area contributed by atoms with Gasteiger partial charge in [-0.15, -0.1) is 24.0 Å². The lowest BCUT2D eigenvalue weighted by molar-refractivity contribution is -0.120. The second-order valence-corrected chi connectivity index (χ2v) is 7.67. The molecule has 2 aliphatic rings. The van der Waals surface area contributed by atoms with E-state index in [1.165, 1.54) is 25.7 Å². The van der Waals surface area contributed by atoms with Crippen LogP contribution in [-0.4, -0.2) is 59.3 Å². The fourth-order valence-corrected chi connectivity index (χ4v) is 4.04. The Balaban J connectivity index is 0.00000261. The molecule has 0 spiro atoms. The van der Waals surface area contributed by atoms with Crippen molar-refractivity contribution in [2.24, 2.45) is 23.9 Å². The van der Waals surface area contributed by atoms with E-state index in [0.717, 1.165) is 37.2 Å². The van der Waals surface area contributed by atoms with E-state index in [4.69, 9.17) is 4.99 Å². The second kappa shape index (κ2) is 10.3. The first-order chi connectivity index (χ1) is 12.6. The minimum Gasteiger partial charge on any atom is -0.357 e. The number of piperazine rings is 1. The van der Waals surface area contributed by atoms with Crippen LogP contribution >= 0.6 is 24.0 Å². The Morgan fingerprint density at radius 1 is 1.37 bits per heavy atom. The van der Waals surface area contributed by atoms with E-state index in [9.17, 15) is 4.79 Å². The molecule has 0 radical (unpaired) electrons. The highest BCUT2D eigenvalue weighted by atomic mass is 127. The first-order valence-corrected chi connectivity index (χ1v) is 9.89. The summed E-state index contributed by atoms with van der Waals surface area (Å²) in [5.74, 6) is 2.47. The first kappa shape index (κ1) is 22.0. The Labute approximate surface area is 179 Å². The minimum absolute atomic E-state index is 0. The van der Waals surface area contributed by atoms with Gasteiger partial charge in [0.15, 0.2) is 5.96 Å². The van der Waals surface area contributed by atoms with Gasteiger partial charge in [-0.1, -0.05) is 19.8 Å². The van der Waals surface area contributed by atoms with Crippen molar-refractivity contribution in [1.29, 1.82) is 0 Å². The van der Waals surface area contributed by atoms with Crippen molar-refractivity contribution in [1.82, 2.24) is 20.0 Å². The predicted octanol–water partition coefficient (Wildman–Crippen LogP) is 2.48. The largest absolute Gasteiger partial charge is 0.357 e. The monoisotopic (exact) mass is 488 g/mol. The lowest BCUT2D eigenvalue weighted by Crippen LogP contribution is -2.55. The van der Waals surface area contributed by atoms with Crippen LogP contribution in [0.3, 0.4) is 0 Å². The molecule has 1 saturated heterocycles. The van der Waals surface area contributed by atoms with Crippen molar-refractivity contribution in [3.63, 3.8) is 0 Å². The molecule has 2 unspecified atom stereocenters. The summed E-state index contributed by atoms with van der Waals surface area (Å²) in [6, 6.07) is 0. The van der Waals surface area contributed by atoms with Gasteiger partial charge in [0.1, 0.15) is 6.54 Å². The maximum atomic E-state index is 12.6. The summed E-state index contributed by atoms with van der Waals surface area (Å²) >= 11 is 0. The average molecular weight is 488 g/mol. The van der Waals surface area contributed by atoms with Crippen molar-refractivity contribution in [2.75, 3.05) is 37.6 Å². The molecular weight excluding hydrogens is 455 g/mol. The van der Waals surface area contributed by atoms with Crippen molar-refractivity contribution < 1.29 is 4.79 Å². The molecule has 1 N–H and O–H groups in total. The van der Waals surface area contributed by atoms with E-state index >= 15 is 0 Å². The molecule has 3 rings (SSSR count). The third-order valence-electron chi connectivity index (χ3n) is 5.40. The van der Waals surface area contributed by atoms with Crippen LogP contribution in [0.4, 0.5) is 5.69 Å². The van der Waals surface area contributed by atoms with Gasteiger partial charge < -0.3 is 15.1 Å². The van der Waals surface area contributed by atoms with Crippen molar-refractivity contribution >= 4 is 41.5 Å². The van der Waals surface area contributed by atoms with E-state index in [1.807, 2.05) is 18.1 Å². The lowest BCUT2D eigenvalue weighted by atomic mass is 9.82. The SMILES string of the molecule is CCNC(=NCC1CCCC(C)C1)N1CCN(c2cnn(C)c2)C(=O)C1.I. The molecule has 1 amide bonds. The number of aryl methyl sites for hydroxylation is 1. The molecule has 7 nitrogen and oxygen atoms in total. The number of aliphatic imine (C=N–C) groups is 1. The Morgan fingerprint density at radius 3 is 2.81 bits per heavy atom. The summed E-state index contributed by atoms with van der Waals surface area (Å²) in [6.45, 7) is 7.91. The summed E-state index contributed by atoms with van der Waals surface area (Å²) in [4.78, 5) is 21.4. The van der Waals surface area contributed by atoms with Crippen LogP contribution in [0, 0.1) is 11.8 Å². The number of carbonyl (C=O) groups excluding carboxylic acids is 1. The zero-order chi connectivity index (χ0) is 18.5. The fourth-order valence-electron chi connectivity index (χ4n) is 4.04. The number of rotatable bonds is 4. The van der Waals surface area contributed by atoms with Gasteiger partial charge in [0, 0.05) is 39.4 Å². The number of halogens is 1. The van der Waals surface area contributed by atoms with E-state index in [-0.39, 0.29) is 29.9 Å². The quantitative estimate of drug-likeness (QED) is 0.402. The number of hydrogen-bond donors (Lipinski definition) is 1. The van der Waals surface area contributed by atoms with Gasteiger partial charge in [-0.25, -0.2) is 0 Å². The maximum Gasteiger partial charge on any atom is 0.246 e. The number of aromatic nitrogens is 2. The summed E-state index contributed by atoms with van der Waals surface area (Å²) in [5, 5.41) is 7.54. The lowest BCUT2D eigenvalue weighted by Gasteiger charge is -2.35. The third kappa shape index (κ3) is 5.83. The molecule has 0 bridgehead atoms. The number of amides is 1. The van der Waals surface area contributed by atoms with Crippen LogP contribution in [-0.2, 0) is 11.8 Å². The van der Waals surface area contributed by atoms with Gasteiger partial charge in [-0.3, -0.25) is 14.5 Å². The molecule has 27 heavy (non-hydrogen) atoms. The highest BCUT2D eigenvalue weighted by Crippen LogP contribution is 2.28. The average Bonchev–Trinajstić information content (AvgIpc) is 3.04. The van der Waals surface area contributed by atoms with Crippen LogP contribution in [0.1, 0.15) is 39.5 Å². The molecule has 2 fully saturated rings. The number of hydrogen-bond acceptors (Lipinski definition) is 3. The molecule has 1 aromatic heterocycles. The molecule has 152 valence electrons. The Morgan fingerprint density at radius 2 is 2.19 bits per heavy atom. The molecule has 1 aliphatic carbocycles. The molecule has 2 atom stereocenters. The topological polar surface area (TPSA) is 65.8 Å². The van der Waals surface area contributed by atoms with Crippen LogP contribution < -0.4 is 10.2 Å². The van der Waals surface area contributed by atoms with Gasteiger partial charge in [0.25, 0.3) is 0 Å². The second-order valence-electron chi connectivity index (χ2n) is 7.67. The Hall–Kier alpha value is -1.32. The first-order valence-electron chi connectivity index (χ1n) is 9.89. The van der Waals surface area contributed by atoms with Gasteiger partial charge in [0.2, 0.25) is 5.91 Å². The molecule has 1 aromatic rings. The zero-order valence-corrected chi connectivity index (χ0v) is 19.1. The molecule has 1 saturated carbocycles. The molecule has 1 aliphatic heterocycles.